The van der Waals surface area contributed by atoms with E-state index < -0.39 is 0 Å². The highest BCUT2D eigenvalue weighted by molar-refractivity contribution is 7.09. The largest absolute Gasteiger partial charge is 0.290 e. The van der Waals surface area contributed by atoms with E-state index in [0.29, 0.717) is 6.04 Å². The molecule has 2 aromatic rings. The molecular weight excluding hydrogens is 266 g/mol. The van der Waals surface area contributed by atoms with Crippen LogP contribution in [0.15, 0.2) is 35.8 Å². The van der Waals surface area contributed by atoms with Crippen LogP contribution in [0.3, 0.4) is 0 Å². The van der Waals surface area contributed by atoms with Crippen molar-refractivity contribution in [1.82, 2.24) is 9.88 Å². The second-order valence-electron chi connectivity index (χ2n) is 5.12. The molecule has 0 N–H and O–H groups in total. The quantitative estimate of drug-likeness (QED) is 0.861. The number of hydrogen-bond acceptors (Lipinski definition) is 4. The lowest BCUT2D eigenvalue weighted by Crippen LogP contribution is -2.33. The molecule has 1 aromatic carbocycles. The number of likely N-dealkylation sites (tertiary alicyclic amines) is 1. The lowest BCUT2D eigenvalue weighted by molar-refractivity contribution is 0.140. The summed E-state index contributed by atoms with van der Waals surface area (Å²) in [5.41, 5.74) is 1.91. The first-order valence-electron chi connectivity index (χ1n) is 7.00. The number of piperidine rings is 1. The number of aromatic nitrogens is 1. The first-order valence-corrected chi connectivity index (χ1v) is 7.88. The van der Waals surface area contributed by atoms with E-state index in [-0.39, 0.29) is 0 Å². The van der Waals surface area contributed by atoms with E-state index in [0.717, 1.165) is 24.2 Å². The minimum atomic E-state index is 0.412. The highest BCUT2D eigenvalue weighted by Crippen LogP contribution is 2.33. The van der Waals surface area contributed by atoms with Crippen molar-refractivity contribution in [3.05, 3.63) is 52.0 Å². The molecule has 0 unspecified atom stereocenters. The van der Waals surface area contributed by atoms with Crippen molar-refractivity contribution >= 4 is 11.3 Å². The second kappa shape index (κ2) is 6.17. The molecule has 1 saturated heterocycles. The minimum absolute atomic E-state index is 0.412. The Morgan fingerprint density at radius 3 is 3.05 bits per heavy atom. The van der Waals surface area contributed by atoms with Gasteiger partial charge in [-0.1, -0.05) is 24.6 Å². The molecule has 2 heterocycles. The van der Waals surface area contributed by atoms with Gasteiger partial charge in [-0.25, -0.2) is 4.98 Å². The van der Waals surface area contributed by atoms with Gasteiger partial charge < -0.3 is 0 Å². The molecule has 4 heteroatoms. The van der Waals surface area contributed by atoms with Crippen LogP contribution in [0.4, 0.5) is 0 Å². The van der Waals surface area contributed by atoms with E-state index in [9.17, 15) is 5.26 Å². The van der Waals surface area contributed by atoms with Gasteiger partial charge in [0.05, 0.1) is 17.7 Å². The number of thiazole rings is 1. The van der Waals surface area contributed by atoms with E-state index in [4.69, 9.17) is 0 Å². The summed E-state index contributed by atoms with van der Waals surface area (Å²) in [5, 5.41) is 12.5. The van der Waals surface area contributed by atoms with Gasteiger partial charge >= 0.3 is 0 Å². The van der Waals surface area contributed by atoms with E-state index in [1.165, 1.54) is 24.3 Å². The van der Waals surface area contributed by atoms with Crippen LogP contribution >= 0.6 is 11.3 Å². The van der Waals surface area contributed by atoms with Gasteiger partial charge in [-0.3, -0.25) is 4.90 Å². The maximum absolute atomic E-state index is 9.22. The van der Waals surface area contributed by atoms with Crippen molar-refractivity contribution in [2.75, 3.05) is 6.54 Å². The first kappa shape index (κ1) is 13.3. The van der Waals surface area contributed by atoms with Crippen molar-refractivity contribution in [2.24, 2.45) is 0 Å². The normalized spacial score (nSPS) is 19.6. The Hall–Kier alpha value is -1.70. The standard InChI is InChI=1S/C16H17N3S/c17-11-13-5-1-2-6-14(13)12-19-9-4-3-7-15(19)16-18-8-10-20-16/h1-2,5-6,8,10,15H,3-4,7,9,12H2/t15-/m1/s1. The zero-order valence-electron chi connectivity index (χ0n) is 11.3. The second-order valence-corrected chi connectivity index (χ2v) is 6.05. The van der Waals surface area contributed by atoms with E-state index in [1.807, 2.05) is 29.8 Å². The summed E-state index contributed by atoms with van der Waals surface area (Å²) in [6.45, 7) is 1.93. The average molecular weight is 283 g/mol. The van der Waals surface area contributed by atoms with Crippen LogP contribution in [0.5, 0.6) is 0 Å². The molecule has 0 bridgehead atoms. The third kappa shape index (κ3) is 2.74. The Balaban J connectivity index is 1.82. The number of nitrogens with zero attached hydrogens (tertiary/aromatic N) is 3. The summed E-state index contributed by atoms with van der Waals surface area (Å²) in [5.74, 6) is 0. The van der Waals surface area contributed by atoms with Crippen LogP contribution in [0.2, 0.25) is 0 Å². The molecule has 3 nitrogen and oxygen atoms in total. The van der Waals surface area contributed by atoms with Crippen molar-refractivity contribution in [2.45, 2.75) is 31.8 Å². The molecule has 0 radical (unpaired) electrons. The third-order valence-corrected chi connectivity index (χ3v) is 4.74. The Labute approximate surface area is 123 Å². The summed E-state index contributed by atoms with van der Waals surface area (Å²) in [6, 6.07) is 10.6. The SMILES string of the molecule is N#Cc1ccccc1CN1CCCC[C@@H]1c1nccs1. The maximum Gasteiger partial charge on any atom is 0.110 e. The van der Waals surface area contributed by atoms with Gasteiger partial charge in [-0.2, -0.15) is 5.26 Å². The van der Waals surface area contributed by atoms with Gasteiger partial charge in [0.25, 0.3) is 0 Å². The molecule has 20 heavy (non-hydrogen) atoms. The summed E-state index contributed by atoms with van der Waals surface area (Å²) >= 11 is 1.74. The molecule has 0 spiro atoms. The summed E-state index contributed by atoms with van der Waals surface area (Å²) < 4.78 is 0. The highest BCUT2D eigenvalue weighted by atomic mass is 32.1. The van der Waals surface area contributed by atoms with Gasteiger partial charge in [0.1, 0.15) is 5.01 Å². The molecule has 1 aliphatic heterocycles. The Morgan fingerprint density at radius 2 is 2.25 bits per heavy atom. The third-order valence-electron chi connectivity index (χ3n) is 3.86. The zero-order valence-corrected chi connectivity index (χ0v) is 12.1. The first-order chi connectivity index (χ1) is 9.88. The van der Waals surface area contributed by atoms with Crippen LogP contribution in [0.25, 0.3) is 0 Å². The van der Waals surface area contributed by atoms with Gasteiger partial charge in [-0.05, 0) is 31.0 Å². The molecule has 102 valence electrons. The molecule has 1 atom stereocenters. The van der Waals surface area contributed by atoms with Crippen LogP contribution in [0, 0.1) is 11.3 Å². The molecule has 3 rings (SSSR count). The van der Waals surface area contributed by atoms with Crippen molar-refractivity contribution in [1.29, 1.82) is 5.26 Å². The van der Waals surface area contributed by atoms with Crippen molar-refractivity contribution in [3.63, 3.8) is 0 Å². The minimum Gasteiger partial charge on any atom is -0.290 e. The fourth-order valence-electron chi connectivity index (χ4n) is 2.84. The Bertz CT molecular complexity index is 600. The monoisotopic (exact) mass is 283 g/mol. The highest BCUT2D eigenvalue weighted by Gasteiger charge is 2.26. The fourth-order valence-corrected chi connectivity index (χ4v) is 3.65. The molecule has 0 saturated carbocycles. The topological polar surface area (TPSA) is 39.9 Å². The predicted octanol–water partition coefficient (Wildman–Crippen LogP) is 3.74. The molecule has 1 aromatic heterocycles. The fraction of sp³-hybridized carbons (Fsp3) is 0.375. The zero-order chi connectivity index (χ0) is 13.8. The summed E-state index contributed by atoms with van der Waals surface area (Å²) in [6.07, 6.45) is 5.55. The molecule has 1 fully saturated rings. The summed E-state index contributed by atoms with van der Waals surface area (Å²) in [7, 11) is 0. The average Bonchev–Trinajstić information content (AvgIpc) is 3.02. The van der Waals surface area contributed by atoms with Crippen LogP contribution in [0.1, 0.15) is 41.4 Å². The van der Waals surface area contributed by atoms with Crippen LogP contribution in [-0.2, 0) is 6.54 Å². The number of benzene rings is 1. The molecule has 0 aliphatic carbocycles. The van der Waals surface area contributed by atoms with Gasteiger partial charge in [0.15, 0.2) is 0 Å². The summed E-state index contributed by atoms with van der Waals surface area (Å²) in [4.78, 5) is 6.96. The maximum atomic E-state index is 9.22. The molecule has 1 aliphatic rings. The predicted molar refractivity (Wildman–Crippen MR) is 80.3 cm³/mol. The smallest absolute Gasteiger partial charge is 0.110 e. The number of nitriles is 1. The lowest BCUT2D eigenvalue weighted by Gasteiger charge is -2.34. The Kier molecular flexibility index (Phi) is 4.10. The van der Waals surface area contributed by atoms with Gasteiger partial charge in [0, 0.05) is 18.1 Å². The van der Waals surface area contributed by atoms with E-state index in [2.05, 4.69) is 22.0 Å². The number of rotatable bonds is 3. The van der Waals surface area contributed by atoms with E-state index >= 15 is 0 Å². The number of hydrogen-bond donors (Lipinski definition) is 0. The van der Waals surface area contributed by atoms with Gasteiger partial charge in [0.2, 0.25) is 0 Å². The molecular formula is C16H17N3S. The Morgan fingerprint density at radius 1 is 1.35 bits per heavy atom. The van der Waals surface area contributed by atoms with E-state index in [1.54, 1.807) is 11.3 Å². The van der Waals surface area contributed by atoms with Crippen LogP contribution < -0.4 is 0 Å². The van der Waals surface area contributed by atoms with Crippen molar-refractivity contribution < 1.29 is 0 Å². The lowest BCUT2D eigenvalue weighted by atomic mass is 10.0. The molecule has 0 amide bonds. The van der Waals surface area contributed by atoms with Gasteiger partial charge in [-0.15, -0.1) is 11.3 Å². The van der Waals surface area contributed by atoms with Crippen LogP contribution in [-0.4, -0.2) is 16.4 Å². The van der Waals surface area contributed by atoms with Crippen molar-refractivity contribution in [3.8, 4) is 6.07 Å².